The van der Waals surface area contributed by atoms with Gasteiger partial charge in [-0.2, -0.15) is 31.4 Å². The van der Waals surface area contributed by atoms with Crippen LogP contribution in [0.5, 0.6) is 0 Å². The minimum Gasteiger partial charge on any atom is -1.00 e. The van der Waals surface area contributed by atoms with Gasteiger partial charge in [0.15, 0.2) is 0 Å². The number of fused-ring (bicyclic) bond motifs is 3. The minimum absolute atomic E-state index is 0. The Kier molecular flexibility index (Phi) is 14.0. The molecule has 0 spiro atoms. The fraction of sp³-hybridized carbons (Fsp3) is 0.250. The van der Waals surface area contributed by atoms with E-state index < -0.39 is 0 Å². The van der Waals surface area contributed by atoms with E-state index in [1.54, 1.807) is 5.92 Å². The molecule has 0 N–H and O–H groups in total. The van der Waals surface area contributed by atoms with E-state index in [4.69, 9.17) is 0 Å². The largest absolute Gasteiger partial charge is 2.00 e. The van der Waals surface area contributed by atoms with Crippen LogP contribution in [0.1, 0.15) is 67.7 Å². The molecule has 3 heteroatoms. The van der Waals surface area contributed by atoms with Crippen molar-refractivity contribution in [1.29, 1.82) is 0 Å². The zero-order valence-electron chi connectivity index (χ0n) is 23.0. The summed E-state index contributed by atoms with van der Waals surface area (Å²) in [5.74, 6) is 2.36. The zero-order chi connectivity index (χ0) is 24.7. The topological polar surface area (TPSA) is 0 Å². The summed E-state index contributed by atoms with van der Waals surface area (Å²) < 4.78 is 0. The number of hydrogen-bond acceptors (Lipinski definition) is 0. The van der Waals surface area contributed by atoms with Gasteiger partial charge in [-0.1, -0.05) is 68.8 Å². The second-order valence-electron chi connectivity index (χ2n) is 10.1. The molecule has 0 fully saturated rings. The van der Waals surface area contributed by atoms with Gasteiger partial charge < -0.3 is 30.7 Å². The average molecular weight is 632 g/mol. The molecule has 1 unspecified atom stereocenters. The normalized spacial score (nSPS) is 13.3. The van der Waals surface area contributed by atoms with Crippen LogP contribution in [0.2, 0.25) is 0 Å². The number of halogens is 2. The predicted octanol–water partition coefficient (Wildman–Crippen LogP) is 4.19. The van der Waals surface area contributed by atoms with Gasteiger partial charge in [-0.25, -0.2) is 0 Å². The van der Waals surface area contributed by atoms with Crippen LogP contribution in [0.3, 0.4) is 0 Å². The van der Waals surface area contributed by atoms with Gasteiger partial charge in [0.25, 0.3) is 0 Å². The van der Waals surface area contributed by atoms with Crippen LogP contribution in [0.4, 0.5) is 0 Å². The monoisotopic (exact) mass is 629 g/mol. The van der Waals surface area contributed by atoms with Crippen molar-refractivity contribution in [1.82, 2.24) is 0 Å². The summed E-state index contributed by atoms with van der Waals surface area (Å²) >= 11 is 0. The van der Waals surface area contributed by atoms with E-state index in [-0.39, 0.29) is 51.0 Å². The Labute approximate surface area is 266 Å². The maximum atomic E-state index is 2.37. The van der Waals surface area contributed by atoms with E-state index in [1.807, 2.05) is 0 Å². The van der Waals surface area contributed by atoms with E-state index in [1.165, 1.54) is 69.5 Å². The first kappa shape index (κ1) is 33.3. The number of aryl methyl sites for hydroxylation is 2. The molecule has 0 saturated heterocycles. The van der Waals surface area contributed by atoms with E-state index in [2.05, 4.69) is 123 Å². The van der Waals surface area contributed by atoms with Crippen molar-refractivity contribution in [2.45, 2.75) is 58.3 Å². The van der Waals surface area contributed by atoms with Crippen LogP contribution in [0.15, 0.2) is 103 Å². The smallest absolute Gasteiger partial charge is 1.00 e. The van der Waals surface area contributed by atoms with Crippen molar-refractivity contribution in [3.63, 3.8) is 0 Å². The first-order chi connectivity index (χ1) is 17.7. The zero-order valence-corrected chi connectivity index (χ0v) is 26.9. The molecule has 1 aliphatic rings. The maximum absolute atomic E-state index is 2.37. The van der Waals surface area contributed by atoms with Crippen LogP contribution in [0, 0.1) is 5.92 Å². The van der Waals surface area contributed by atoms with Crippen molar-refractivity contribution in [2.75, 3.05) is 0 Å². The van der Waals surface area contributed by atoms with Crippen LogP contribution in [0.25, 0.3) is 27.6 Å². The van der Waals surface area contributed by atoms with E-state index in [0.717, 1.165) is 12.8 Å². The molecule has 6 rings (SSSR count). The van der Waals surface area contributed by atoms with E-state index in [9.17, 15) is 0 Å². The van der Waals surface area contributed by atoms with Gasteiger partial charge in [-0.3, -0.25) is 0 Å². The van der Waals surface area contributed by atoms with Gasteiger partial charge in [0, 0.05) is 5.92 Å². The summed E-state index contributed by atoms with van der Waals surface area (Å²) in [4.78, 5) is 0. The van der Waals surface area contributed by atoms with Gasteiger partial charge >= 0.3 is 26.2 Å². The third-order valence-electron chi connectivity index (χ3n) is 7.77. The number of hydrogen-bond donors (Lipinski definition) is 0. The summed E-state index contributed by atoms with van der Waals surface area (Å²) in [5, 5.41) is 5.43. The van der Waals surface area contributed by atoms with Crippen molar-refractivity contribution in [3.8, 4) is 0 Å². The molecule has 0 saturated carbocycles. The number of allylic oxidation sites excluding steroid dienone is 1. The summed E-state index contributed by atoms with van der Waals surface area (Å²) in [6, 6.07) is 35.2. The van der Waals surface area contributed by atoms with Crippen LogP contribution in [-0.2, 0) is 39.0 Å². The fourth-order valence-corrected chi connectivity index (χ4v) is 5.55. The van der Waals surface area contributed by atoms with Crippen molar-refractivity contribution in [2.24, 2.45) is 0 Å². The van der Waals surface area contributed by atoms with Crippen molar-refractivity contribution >= 4 is 27.6 Å². The molecule has 0 heterocycles. The Morgan fingerprint density at radius 1 is 0.692 bits per heavy atom. The molecule has 0 aliphatic heterocycles. The predicted molar refractivity (Wildman–Crippen MR) is 158 cm³/mol. The molecule has 5 aromatic carbocycles. The molecule has 0 amide bonds. The quantitative estimate of drug-likeness (QED) is 0.226. The molecule has 0 bridgehead atoms. The summed E-state index contributed by atoms with van der Waals surface area (Å²) in [7, 11) is 0. The van der Waals surface area contributed by atoms with E-state index >= 15 is 0 Å². The average Bonchev–Trinajstić information content (AvgIpc) is 3.64. The van der Waals surface area contributed by atoms with Gasteiger partial charge in [0.05, 0.1) is 0 Å². The molecule has 202 valence electrons. The van der Waals surface area contributed by atoms with Crippen LogP contribution >= 0.6 is 0 Å². The molecular formula is C36H37Cl2Zr-3. The Morgan fingerprint density at radius 3 is 1.74 bits per heavy atom. The van der Waals surface area contributed by atoms with Crippen LogP contribution < -0.4 is 24.8 Å². The van der Waals surface area contributed by atoms with Crippen molar-refractivity contribution in [3.05, 3.63) is 131 Å². The molecule has 0 radical (unpaired) electrons. The second kappa shape index (κ2) is 16.4. The van der Waals surface area contributed by atoms with Gasteiger partial charge in [0.1, 0.15) is 0 Å². The molecule has 1 aliphatic carbocycles. The van der Waals surface area contributed by atoms with Crippen molar-refractivity contribution < 1.29 is 51.0 Å². The Balaban J connectivity index is 0.000000260. The summed E-state index contributed by atoms with van der Waals surface area (Å²) in [6.45, 7) is 4.55. The Morgan fingerprint density at radius 2 is 1.21 bits per heavy atom. The first-order valence-electron chi connectivity index (χ1n) is 13.6. The Bertz CT molecular complexity index is 1300. The Hall–Kier alpha value is -1.92. The molecule has 0 nitrogen and oxygen atoms in total. The molecule has 1 atom stereocenters. The maximum Gasteiger partial charge on any atom is 2.00 e. The number of rotatable bonds is 8. The summed E-state index contributed by atoms with van der Waals surface area (Å²) in [6.07, 6.45) is 11.9. The summed E-state index contributed by atoms with van der Waals surface area (Å²) in [5.41, 5.74) is 5.82. The standard InChI is InChI=1S/C20H16.C16H21.2ClH.Zr/c1-2-6-18-12-15(11-17(18)5-1)9-10-16-13-19-7-3-4-8-20(19)14-16;1-3-13(4-2)9-10-15-12-11-14-7-5-6-8-16(14)15;;;/h1-8,11-14H,9-10H2;5-8,11-12,15H,3-4,9-10H2,1-2H3;2*1H;/q-2;-1;;;+2/p-2. The van der Waals surface area contributed by atoms with Crippen LogP contribution in [-0.4, -0.2) is 0 Å². The fourth-order valence-electron chi connectivity index (χ4n) is 5.55. The van der Waals surface area contributed by atoms with Gasteiger partial charge in [-0.05, 0) is 24.0 Å². The third kappa shape index (κ3) is 8.53. The number of benzene rings is 3. The van der Waals surface area contributed by atoms with Gasteiger partial charge in [0.2, 0.25) is 0 Å². The first-order valence-corrected chi connectivity index (χ1v) is 13.6. The second-order valence-corrected chi connectivity index (χ2v) is 10.1. The molecule has 39 heavy (non-hydrogen) atoms. The molecule has 0 aromatic heterocycles. The third-order valence-corrected chi connectivity index (χ3v) is 7.77. The SMILES string of the molecule is CC[C-](CC)CCC1C=Cc2ccccc21.[Cl-].[Cl-].[Zr+2].c1ccc2[cH-]c(CCc3cc4ccccc4[cH-]3)cc2c1. The molecule has 5 aromatic rings. The van der Waals surface area contributed by atoms with Gasteiger partial charge in [-0.15, -0.1) is 81.2 Å². The molecular weight excluding hydrogens is 595 g/mol. The van der Waals surface area contributed by atoms with E-state index in [0.29, 0.717) is 5.92 Å². The minimum atomic E-state index is 0.